The molecule has 0 N–H and O–H groups in total. The van der Waals surface area contributed by atoms with Crippen molar-refractivity contribution < 1.29 is 4.42 Å². The van der Waals surface area contributed by atoms with Crippen LogP contribution in [0.2, 0.25) is 0 Å². The zero-order valence-corrected chi connectivity index (χ0v) is 34.9. The topological polar surface area (TPSA) is 16.4 Å². The van der Waals surface area contributed by atoms with Crippen molar-refractivity contribution in [2.24, 2.45) is 0 Å². The fourth-order valence-electron chi connectivity index (χ4n) is 9.80. The maximum absolute atomic E-state index is 7.03. The van der Waals surface area contributed by atoms with Crippen LogP contribution >= 0.6 is 11.3 Å². The molecule has 63 heavy (non-hydrogen) atoms. The summed E-state index contributed by atoms with van der Waals surface area (Å²) in [5.41, 5.74) is 11.9. The molecule has 0 bridgehead atoms. The molecular formula is C60H37NOS. The predicted octanol–water partition coefficient (Wildman–Crippen LogP) is 17.9. The molecule has 2 heterocycles. The minimum absolute atomic E-state index is 0.855. The van der Waals surface area contributed by atoms with Gasteiger partial charge in [-0.25, -0.2) is 0 Å². The summed E-state index contributed by atoms with van der Waals surface area (Å²) < 4.78 is 9.68. The van der Waals surface area contributed by atoms with Crippen LogP contribution in [0.4, 0.5) is 17.1 Å². The molecule has 13 rings (SSSR count). The Morgan fingerprint density at radius 1 is 0.302 bits per heavy atom. The molecule has 0 saturated carbocycles. The first-order chi connectivity index (χ1) is 31.2. The summed E-state index contributed by atoms with van der Waals surface area (Å²) in [6.45, 7) is 0. The van der Waals surface area contributed by atoms with Gasteiger partial charge in [-0.3, -0.25) is 0 Å². The minimum Gasteiger partial charge on any atom is -0.453 e. The van der Waals surface area contributed by atoms with E-state index in [1.54, 1.807) is 0 Å². The van der Waals surface area contributed by atoms with E-state index in [9.17, 15) is 0 Å². The molecule has 0 aliphatic rings. The summed E-state index contributed by atoms with van der Waals surface area (Å²) >= 11 is 1.86. The van der Waals surface area contributed by atoms with Crippen LogP contribution in [0.1, 0.15) is 0 Å². The fourth-order valence-corrected chi connectivity index (χ4v) is 10.9. The van der Waals surface area contributed by atoms with Crippen LogP contribution in [0.3, 0.4) is 0 Å². The highest BCUT2D eigenvalue weighted by atomic mass is 32.1. The number of anilines is 3. The quantitative estimate of drug-likeness (QED) is 0.155. The lowest BCUT2D eigenvalue weighted by molar-refractivity contribution is 0.670. The van der Waals surface area contributed by atoms with Crippen LogP contribution in [0.5, 0.6) is 0 Å². The highest BCUT2D eigenvalue weighted by Crippen LogP contribution is 2.46. The maximum Gasteiger partial charge on any atom is 0.159 e. The van der Waals surface area contributed by atoms with E-state index >= 15 is 0 Å². The van der Waals surface area contributed by atoms with Gasteiger partial charge in [-0.15, -0.1) is 11.3 Å². The smallest absolute Gasteiger partial charge is 0.159 e. The van der Waals surface area contributed by atoms with Crippen LogP contribution in [0.15, 0.2) is 229 Å². The van der Waals surface area contributed by atoms with Crippen molar-refractivity contribution in [3.05, 3.63) is 224 Å². The Morgan fingerprint density at radius 3 is 1.76 bits per heavy atom. The molecule has 0 aliphatic carbocycles. The van der Waals surface area contributed by atoms with Crippen LogP contribution in [-0.2, 0) is 0 Å². The Bertz CT molecular complexity index is 3910. The van der Waals surface area contributed by atoms with Gasteiger partial charge in [0, 0.05) is 47.9 Å². The largest absolute Gasteiger partial charge is 0.453 e. The number of para-hydroxylation sites is 2. The second-order valence-electron chi connectivity index (χ2n) is 16.4. The van der Waals surface area contributed by atoms with Crippen LogP contribution in [-0.4, -0.2) is 0 Å². The van der Waals surface area contributed by atoms with Crippen molar-refractivity contribution in [3.63, 3.8) is 0 Å². The zero-order valence-electron chi connectivity index (χ0n) is 34.1. The fraction of sp³-hybridized carbons (Fsp3) is 0. The number of fused-ring (bicyclic) bond motifs is 10. The summed E-state index contributed by atoms with van der Waals surface area (Å²) in [4.78, 5) is 2.36. The molecule has 0 spiro atoms. The number of thiophene rings is 1. The van der Waals surface area contributed by atoms with Crippen molar-refractivity contribution in [2.75, 3.05) is 4.90 Å². The van der Waals surface area contributed by atoms with E-state index < -0.39 is 0 Å². The third-order valence-corrected chi connectivity index (χ3v) is 14.0. The normalized spacial score (nSPS) is 11.8. The van der Waals surface area contributed by atoms with Crippen LogP contribution < -0.4 is 4.90 Å². The first kappa shape index (κ1) is 35.7. The summed E-state index contributed by atoms with van der Waals surface area (Å²) in [6, 6.07) is 81.6. The van der Waals surface area contributed by atoms with Gasteiger partial charge in [0.15, 0.2) is 5.58 Å². The van der Waals surface area contributed by atoms with Gasteiger partial charge in [0.05, 0.1) is 5.69 Å². The number of rotatable bonds is 6. The highest BCUT2D eigenvalue weighted by molar-refractivity contribution is 7.25. The molecule has 0 amide bonds. The van der Waals surface area contributed by atoms with Gasteiger partial charge in [-0.2, -0.15) is 0 Å². The van der Waals surface area contributed by atoms with Crippen molar-refractivity contribution in [3.8, 4) is 33.4 Å². The van der Waals surface area contributed by atoms with Crippen LogP contribution in [0.25, 0.3) is 108 Å². The summed E-state index contributed by atoms with van der Waals surface area (Å²) in [5, 5.41) is 12.2. The van der Waals surface area contributed by atoms with Gasteiger partial charge < -0.3 is 9.32 Å². The standard InChI is InChI=1S/C60H37NOS/c1-2-11-39(12-3-1)51-18-9-19-53-54-20-10-21-56(60(54)62-59(51)53)61(45-29-25-40(26-30-45)48-17-8-14-38-13-4-5-15-47(38)48)46-31-33-50-44(36-46)24-23-43-35-41(27-32-49(43)50)42-28-34-58-55(37-42)52-16-6-7-22-57(52)63-58/h1-37H. The highest BCUT2D eigenvalue weighted by Gasteiger charge is 2.22. The molecule has 0 aliphatic heterocycles. The molecular weight excluding hydrogens is 783 g/mol. The van der Waals surface area contributed by atoms with E-state index in [-0.39, 0.29) is 0 Å². The van der Waals surface area contributed by atoms with Crippen molar-refractivity contribution >= 4 is 103 Å². The summed E-state index contributed by atoms with van der Waals surface area (Å²) in [5.74, 6) is 0. The first-order valence-electron chi connectivity index (χ1n) is 21.5. The van der Waals surface area contributed by atoms with Gasteiger partial charge in [0.1, 0.15) is 5.58 Å². The lowest BCUT2D eigenvalue weighted by atomic mass is 9.96. The minimum atomic E-state index is 0.855. The van der Waals surface area contributed by atoms with E-state index in [2.05, 4.69) is 229 Å². The monoisotopic (exact) mass is 819 g/mol. The molecule has 0 saturated heterocycles. The van der Waals surface area contributed by atoms with Gasteiger partial charge >= 0.3 is 0 Å². The first-order valence-corrected chi connectivity index (χ1v) is 22.3. The van der Waals surface area contributed by atoms with E-state index in [1.807, 2.05) is 11.3 Å². The van der Waals surface area contributed by atoms with Gasteiger partial charge in [-0.1, -0.05) is 170 Å². The molecule has 0 atom stereocenters. The third kappa shape index (κ3) is 5.85. The molecule has 2 nitrogen and oxygen atoms in total. The van der Waals surface area contributed by atoms with E-state index in [0.717, 1.165) is 50.1 Å². The van der Waals surface area contributed by atoms with Crippen LogP contribution in [0, 0.1) is 0 Å². The predicted molar refractivity (Wildman–Crippen MR) is 270 cm³/mol. The molecule has 294 valence electrons. The second kappa shape index (κ2) is 14.3. The molecule has 2 aromatic heterocycles. The second-order valence-corrected chi connectivity index (χ2v) is 17.5. The van der Waals surface area contributed by atoms with Gasteiger partial charge in [0.25, 0.3) is 0 Å². The Balaban J connectivity index is 0.955. The third-order valence-electron chi connectivity index (χ3n) is 12.8. The molecule has 0 radical (unpaired) electrons. The lowest BCUT2D eigenvalue weighted by Gasteiger charge is -2.26. The zero-order chi connectivity index (χ0) is 41.4. The number of furan rings is 1. The average molecular weight is 820 g/mol. The van der Waals surface area contributed by atoms with E-state index in [4.69, 9.17) is 4.42 Å². The van der Waals surface area contributed by atoms with E-state index in [0.29, 0.717) is 0 Å². The van der Waals surface area contributed by atoms with Gasteiger partial charge in [-0.05, 0) is 115 Å². The number of nitrogens with zero attached hydrogens (tertiary/aromatic N) is 1. The Labute approximate surface area is 368 Å². The van der Waals surface area contributed by atoms with Crippen molar-refractivity contribution in [2.45, 2.75) is 0 Å². The SMILES string of the molecule is c1ccc(-c2cccc3c2oc2c(N(c4ccc(-c5cccc6ccccc56)cc4)c4ccc5c(ccc6cc(-c7ccc8sc9ccccc9c8c7)ccc65)c4)cccc23)cc1. The molecule has 0 unspecified atom stereocenters. The molecule has 0 fully saturated rings. The van der Waals surface area contributed by atoms with Crippen molar-refractivity contribution in [1.82, 2.24) is 0 Å². The van der Waals surface area contributed by atoms with E-state index in [1.165, 1.54) is 74.7 Å². The average Bonchev–Trinajstić information content (AvgIpc) is 3.93. The Kier molecular flexibility index (Phi) is 8.12. The number of benzene rings is 11. The Morgan fingerprint density at radius 2 is 0.889 bits per heavy atom. The number of hydrogen-bond acceptors (Lipinski definition) is 3. The molecule has 3 heteroatoms. The molecule has 11 aromatic carbocycles. The Hall–Kier alpha value is -7.98. The lowest BCUT2D eigenvalue weighted by Crippen LogP contribution is -2.10. The van der Waals surface area contributed by atoms with Gasteiger partial charge in [0.2, 0.25) is 0 Å². The maximum atomic E-state index is 7.03. The summed E-state index contributed by atoms with van der Waals surface area (Å²) in [6.07, 6.45) is 0. The van der Waals surface area contributed by atoms with Crippen molar-refractivity contribution in [1.29, 1.82) is 0 Å². The summed E-state index contributed by atoms with van der Waals surface area (Å²) in [7, 11) is 0. The number of hydrogen-bond donors (Lipinski definition) is 0. The molecule has 13 aromatic rings.